The Bertz CT molecular complexity index is 796. The van der Waals surface area contributed by atoms with Crippen molar-refractivity contribution in [2.45, 2.75) is 19.9 Å². The molecule has 1 aromatic carbocycles. The molecule has 0 aliphatic carbocycles. The van der Waals surface area contributed by atoms with Crippen LogP contribution in [0.3, 0.4) is 0 Å². The van der Waals surface area contributed by atoms with E-state index in [-0.39, 0.29) is 5.91 Å². The van der Waals surface area contributed by atoms with Crippen LogP contribution in [-0.4, -0.2) is 70.8 Å². The van der Waals surface area contributed by atoms with Crippen LogP contribution < -0.4 is 15.5 Å². The highest BCUT2D eigenvalue weighted by molar-refractivity contribution is 5.81. The van der Waals surface area contributed by atoms with Crippen molar-refractivity contribution in [3.63, 3.8) is 0 Å². The highest BCUT2D eigenvalue weighted by atomic mass is 16.2. The fourth-order valence-corrected chi connectivity index (χ4v) is 3.25. The number of carbonyl (C=O) groups is 1. The lowest BCUT2D eigenvalue weighted by Gasteiger charge is -2.36. The van der Waals surface area contributed by atoms with Gasteiger partial charge in [-0.2, -0.15) is 5.10 Å². The number of benzene rings is 1. The molecule has 3 rings (SSSR count). The molecular weight excluding hydrogens is 368 g/mol. The number of hydrogen-bond donors (Lipinski definition) is 2. The van der Waals surface area contributed by atoms with E-state index in [0.29, 0.717) is 25.5 Å². The van der Waals surface area contributed by atoms with E-state index < -0.39 is 0 Å². The Morgan fingerprint density at radius 2 is 1.90 bits per heavy atom. The second-order valence-electron chi connectivity index (χ2n) is 6.88. The van der Waals surface area contributed by atoms with E-state index in [4.69, 9.17) is 0 Å². The zero-order valence-electron chi connectivity index (χ0n) is 17.2. The molecule has 1 aromatic heterocycles. The molecule has 1 amide bonds. The van der Waals surface area contributed by atoms with Crippen molar-refractivity contribution in [1.82, 2.24) is 30.3 Å². The van der Waals surface area contributed by atoms with Crippen LogP contribution in [0.25, 0.3) is 0 Å². The molecule has 0 atom stereocenters. The highest BCUT2D eigenvalue weighted by Gasteiger charge is 2.20. The first kappa shape index (κ1) is 20.6. The van der Waals surface area contributed by atoms with Gasteiger partial charge in [-0.1, -0.05) is 18.2 Å². The molecule has 0 radical (unpaired) electrons. The Labute approximate surface area is 171 Å². The average molecular weight is 399 g/mol. The molecule has 1 aliphatic rings. The van der Waals surface area contributed by atoms with Crippen LogP contribution in [0.2, 0.25) is 0 Å². The Balaban J connectivity index is 1.42. The largest absolute Gasteiger partial charge is 0.368 e. The van der Waals surface area contributed by atoms with Gasteiger partial charge in [0.2, 0.25) is 5.91 Å². The summed E-state index contributed by atoms with van der Waals surface area (Å²) in [6.45, 7) is 6.98. The van der Waals surface area contributed by atoms with Gasteiger partial charge in [0.05, 0.1) is 0 Å². The smallest absolute Gasteiger partial charge is 0.224 e. The molecule has 1 aliphatic heterocycles. The Hall–Kier alpha value is -3.10. The third kappa shape index (κ3) is 5.94. The van der Waals surface area contributed by atoms with Crippen molar-refractivity contribution in [2.75, 3.05) is 44.2 Å². The van der Waals surface area contributed by atoms with Crippen LogP contribution in [-0.2, 0) is 18.4 Å². The predicted octanol–water partition coefficient (Wildman–Crippen LogP) is 0.609. The third-order valence-corrected chi connectivity index (χ3v) is 4.91. The Kier molecular flexibility index (Phi) is 7.43. The number of carbonyl (C=O) groups excluding carboxylic acids is 1. The topological polar surface area (TPSA) is 90.7 Å². The second kappa shape index (κ2) is 10.4. The van der Waals surface area contributed by atoms with Crippen molar-refractivity contribution in [1.29, 1.82) is 0 Å². The Morgan fingerprint density at radius 3 is 2.55 bits per heavy atom. The van der Waals surface area contributed by atoms with Crippen LogP contribution >= 0.6 is 0 Å². The molecular formula is C20H30N8O. The number of aliphatic imine (C=N–C) groups is 1. The number of para-hydroxylation sites is 1. The quantitative estimate of drug-likeness (QED) is 0.525. The number of guanidine groups is 1. The number of aromatic nitrogens is 3. The number of aryl methyl sites for hydroxylation is 1. The van der Waals surface area contributed by atoms with Gasteiger partial charge in [0.15, 0.2) is 5.96 Å². The van der Waals surface area contributed by atoms with Gasteiger partial charge in [-0.25, -0.2) is 9.98 Å². The summed E-state index contributed by atoms with van der Waals surface area (Å²) in [5.74, 6) is 1.64. The van der Waals surface area contributed by atoms with Gasteiger partial charge >= 0.3 is 0 Å². The molecule has 0 unspecified atom stereocenters. The fraction of sp³-hybridized carbons (Fsp3) is 0.500. The van der Waals surface area contributed by atoms with E-state index in [1.807, 2.05) is 37.1 Å². The second-order valence-corrected chi connectivity index (χ2v) is 6.88. The molecule has 1 saturated heterocycles. The zero-order valence-corrected chi connectivity index (χ0v) is 17.2. The van der Waals surface area contributed by atoms with Crippen molar-refractivity contribution < 1.29 is 4.79 Å². The Morgan fingerprint density at radius 1 is 1.14 bits per heavy atom. The fourth-order valence-electron chi connectivity index (χ4n) is 3.25. The maximum Gasteiger partial charge on any atom is 0.224 e. The molecule has 1 fully saturated rings. The lowest BCUT2D eigenvalue weighted by atomic mass is 10.2. The first-order chi connectivity index (χ1) is 14.2. The minimum atomic E-state index is 0.175. The first-order valence-electron chi connectivity index (χ1n) is 10.1. The summed E-state index contributed by atoms with van der Waals surface area (Å²) in [5, 5.41) is 10.5. The third-order valence-electron chi connectivity index (χ3n) is 4.91. The zero-order chi connectivity index (χ0) is 20.5. The predicted molar refractivity (Wildman–Crippen MR) is 114 cm³/mol. The minimum absolute atomic E-state index is 0.175. The van der Waals surface area contributed by atoms with Crippen molar-refractivity contribution >= 4 is 17.6 Å². The summed E-state index contributed by atoms with van der Waals surface area (Å²) in [6.07, 6.45) is 1.96. The minimum Gasteiger partial charge on any atom is -0.368 e. The van der Waals surface area contributed by atoms with Gasteiger partial charge in [-0.3, -0.25) is 9.48 Å². The summed E-state index contributed by atoms with van der Waals surface area (Å²) in [4.78, 5) is 25.5. The van der Waals surface area contributed by atoms with Gasteiger partial charge in [0, 0.05) is 58.4 Å². The van der Waals surface area contributed by atoms with Crippen LogP contribution in [0, 0.1) is 0 Å². The number of hydrogen-bond acceptors (Lipinski definition) is 5. The van der Waals surface area contributed by atoms with Gasteiger partial charge in [-0.05, 0) is 19.1 Å². The molecule has 0 bridgehead atoms. The molecule has 9 heteroatoms. The summed E-state index contributed by atoms with van der Waals surface area (Å²) in [7, 11) is 1.84. The van der Waals surface area contributed by atoms with Gasteiger partial charge in [-0.15, -0.1) is 0 Å². The number of nitrogens with zero attached hydrogens (tertiary/aromatic N) is 6. The van der Waals surface area contributed by atoms with Gasteiger partial charge < -0.3 is 20.4 Å². The molecule has 29 heavy (non-hydrogen) atoms. The van der Waals surface area contributed by atoms with Crippen LogP contribution in [0.4, 0.5) is 5.69 Å². The maximum absolute atomic E-state index is 12.6. The van der Waals surface area contributed by atoms with Gasteiger partial charge in [0.25, 0.3) is 0 Å². The number of amides is 1. The van der Waals surface area contributed by atoms with Crippen molar-refractivity contribution in [3.8, 4) is 0 Å². The van der Waals surface area contributed by atoms with E-state index in [1.165, 1.54) is 12.0 Å². The number of anilines is 1. The maximum atomic E-state index is 12.6. The molecule has 9 nitrogen and oxygen atoms in total. The van der Waals surface area contributed by atoms with E-state index in [2.05, 4.69) is 42.7 Å². The lowest BCUT2D eigenvalue weighted by Crippen LogP contribution is -2.49. The SMILES string of the molecule is CCNC(=NCc1ncnn1C)NCCC(=O)N1CCN(c2ccccc2)CC1. The summed E-state index contributed by atoms with van der Waals surface area (Å²) in [6, 6.07) is 10.3. The first-order valence-corrected chi connectivity index (χ1v) is 10.1. The summed E-state index contributed by atoms with van der Waals surface area (Å²) < 4.78 is 1.70. The normalized spacial score (nSPS) is 14.8. The molecule has 2 heterocycles. The number of piperazine rings is 1. The molecule has 2 N–H and O–H groups in total. The van der Waals surface area contributed by atoms with Crippen LogP contribution in [0.1, 0.15) is 19.2 Å². The molecule has 2 aromatic rings. The highest BCUT2D eigenvalue weighted by Crippen LogP contribution is 2.15. The average Bonchev–Trinajstić information content (AvgIpc) is 3.17. The van der Waals surface area contributed by atoms with Crippen molar-refractivity contribution in [2.24, 2.45) is 12.0 Å². The summed E-state index contributed by atoms with van der Waals surface area (Å²) >= 11 is 0. The van der Waals surface area contributed by atoms with Gasteiger partial charge in [0.1, 0.15) is 18.7 Å². The van der Waals surface area contributed by atoms with E-state index in [1.54, 1.807) is 4.68 Å². The van der Waals surface area contributed by atoms with Crippen molar-refractivity contribution in [3.05, 3.63) is 42.5 Å². The standard InChI is InChI=1S/C20H30N8O/c1-3-21-20(23-15-18-24-16-25-26(18)2)22-10-9-19(29)28-13-11-27(12-14-28)17-7-5-4-6-8-17/h4-8,16H,3,9-15H2,1-2H3,(H2,21,22,23). The van der Waals surface area contributed by atoms with E-state index in [9.17, 15) is 4.79 Å². The van der Waals surface area contributed by atoms with Crippen LogP contribution in [0.5, 0.6) is 0 Å². The van der Waals surface area contributed by atoms with E-state index in [0.717, 1.165) is 38.5 Å². The monoisotopic (exact) mass is 398 g/mol. The van der Waals surface area contributed by atoms with E-state index >= 15 is 0 Å². The molecule has 0 spiro atoms. The number of rotatable bonds is 7. The molecule has 0 saturated carbocycles. The molecule has 156 valence electrons. The number of nitrogens with one attached hydrogen (secondary N) is 2. The summed E-state index contributed by atoms with van der Waals surface area (Å²) in [5.41, 5.74) is 1.22. The lowest BCUT2D eigenvalue weighted by molar-refractivity contribution is -0.131. The van der Waals surface area contributed by atoms with Crippen LogP contribution in [0.15, 0.2) is 41.7 Å².